The Bertz CT molecular complexity index is 3320. The molecule has 416 valence electrons. The van der Waals surface area contributed by atoms with Crippen LogP contribution in [0.3, 0.4) is 0 Å². The second-order valence-corrected chi connectivity index (χ2v) is 22.6. The van der Waals surface area contributed by atoms with Crippen molar-refractivity contribution in [2.45, 2.75) is 117 Å². The highest BCUT2D eigenvalue weighted by Crippen LogP contribution is 2.40. The minimum atomic E-state index is -4.21. The monoisotopic (exact) mass is 1090 g/mol. The number of hydrogen-bond donors (Lipinski definition) is 4. The first-order chi connectivity index (χ1) is 36.8. The van der Waals surface area contributed by atoms with Crippen LogP contribution in [0.1, 0.15) is 114 Å². The fourth-order valence-corrected chi connectivity index (χ4v) is 12.6. The van der Waals surface area contributed by atoms with Crippen LogP contribution >= 0.6 is 0 Å². The number of rotatable bonds is 18. The van der Waals surface area contributed by atoms with Crippen LogP contribution < -0.4 is 41.0 Å². The topological polar surface area (TPSA) is 213 Å². The number of amides is 2. The Balaban J connectivity index is 0.000000205. The molecule has 2 aromatic carbocycles. The number of alkyl halides is 3. The van der Waals surface area contributed by atoms with E-state index >= 15 is 0 Å². The highest BCUT2D eigenvalue weighted by Gasteiger charge is 2.37. The minimum Gasteiger partial charge on any atom is -0.496 e. The van der Waals surface area contributed by atoms with Gasteiger partial charge < -0.3 is 48.7 Å². The molecule has 0 spiro atoms. The molecule has 2 amide bonds. The number of likely N-dealkylation sites (tertiary alicyclic amines) is 1. The molecule has 21 heteroatoms. The van der Waals surface area contributed by atoms with Gasteiger partial charge in [0.25, 0.3) is 22.9 Å². The summed E-state index contributed by atoms with van der Waals surface area (Å²) in [4.78, 5) is 64.0. The lowest BCUT2D eigenvalue weighted by Crippen LogP contribution is -2.48. The lowest BCUT2D eigenvalue weighted by Gasteiger charge is -2.41. The van der Waals surface area contributed by atoms with Crippen molar-refractivity contribution in [3.05, 3.63) is 114 Å². The average Bonchev–Trinajstić information content (AvgIpc) is 3.87. The van der Waals surface area contributed by atoms with E-state index < -0.39 is 22.6 Å². The van der Waals surface area contributed by atoms with Crippen molar-refractivity contribution in [2.75, 3.05) is 68.2 Å². The van der Waals surface area contributed by atoms with E-state index in [9.17, 15) is 40.8 Å². The Labute approximate surface area is 445 Å². The molecule has 0 atom stereocenters. The summed E-state index contributed by atoms with van der Waals surface area (Å²) in [5.41, 5.74) is 7.00. The van der Waals surface area contributed by atoms with Crippen molar-refractivity contribution in [1.82, 2.24) is 25.5 Å². The smallest absolute Gasteiger partial charge is 0.401 e. The maximum atomic E-state index is 13.8. The Hall–Kier alpha value is -6.74. The number of piperidine rings is 1. The molecule has 0 unspecified atom stereocenters. The summed E-state index contributed by atoms with van der Waals surface area (Å²) in [6.45, 7) is 10.8. The zero-order valence-electron chi connectivity index (χ0n) is 44.8. The highest BCUT2D eigenvalue weighted by molar-refractivity contribution is 7.91. The molecule has 0 radical (unpaired) electrons. The SMILES string of the molecule is CCc1c(N(CC)C2CCS(=O)(=O)CC2)cc2occc2c1C(=O)NCc1c(OC)cc(C)[nH]c1=O.CCc1c(N(CC2CC2)C2CCN(CC(F)(F)F)CC2)cc2occc2c1C(=O)NCc1c(OC)cc(C)[nH]c1=O. The molecule has 6 heterocycles. The van der Waals surface area contributed by atoms with Crippen molar-refractivity contribution in [2.24, 2.45) is 5.92 Å². The molecular weight excluding hydrogens is 1020 g/mol. The molecule has 1 aliphatic carbocycles. The molecule has 2 saturated heterocycles. The van der Waals surface area contributed by atoms with Gasteiger partial charge in [-0.2, -0.15) is 13.2 Å². The van der Waals surface area contributed by atoms with Crippen LogP contribution in [0.5, 0.6) is 11.5 Å². The van der Waals surface area contributed by atoms with Crippen LogP contribution in [-0.4, -0.2) is 112 Å². The number of H-pyrrole nitrogens is 2. The zero-order chi connectivity index (χ0) is 55.3. The summed E-state index contributed by atoms with van der Waals surface area (Å²) >= 11 is 0. The summed E-state index contributed by atoms with van der Waals surface area (Å²) in [5.74, 6) is 1.03. The first-order valence-corrected chi connectivity index (χ1v) is 28.3. The predicted molar refractivity (Wildman–Crippen MR) is 291 cm³/mol. The van der Waals surface area contributed by atoms with Crippen LogP contribution in [0.2, 0.25) is 0 Å². The molecule has 4 aromatic heterocycles. The second kappa shape index (κ2) is 23.9. The number of aromatic amines is 2. The quantitative estimate of drug-likeness (QED) is 0.0637. The van der Waals surface area contributed by atoms with Gasteiger partial charge in [0.2, 0.25) is 0 Å². The molecule has 1 saturated carbocycles. The third-order valence-corrected chi connectivity index (χ3v) is 16.8. The van der Waals surface area contributed by atoms with E-state index in [0.717, 1.165) is 41.9 Å². The number of nitrogens with one attached hydrogen (secondary N) is 4. The number of halogens is 3. The van der Waals surface area contributed by atoms with Crippen molar-refractivity contribution in [3.63, 3.8) is 0 Å². The van der Waals surface area contributed by atoms with Crippen LogP contribution in [0, 0.1) is 19.8 Å². The van der Waals surface area contributed by atoms with Crippen molar-refractivity contribution >= 4 is 55.0 Å². The first kappa shape index (κ1) is 56.5. The van der Waals surface area contributed by atoms with E-state index in [4.69, 9.17) is 18.3 Å². The van der Waals surface area contributed by atoms with Gasteiger partial charge in [0, 0.05) is 83.9 Å². The Morgan fingerprint density at radius 3 is 1.57 bits per heavy atom. The van der Waals surface area contributed by atoms with Gasteiger partial charge >= 0.3 is 6.18 Å². The number of hydrogen-bond acceptors (Lipinski definition) is 13. The van der Waals surface area contributed by atoms with E-state index in [1.54, 1.807) is 50.6 Å². The normalized spacial score (nSPS) is 16.2. The van der Waals surface area contributed by atoms with Gasteiger partial charge in [-0.05, 0) is 113 Å². The number of pyridine rings is 2. The van der Waals surface area contributed by atoms with Crippen LogP contribution in [-0.2, 0) is 35.8 Å². The molecule has 4 N–H and O–H groups in total. The molecule has 3 aliphatic rings. The van der Waals surface area contributed by atoms with Crippen molar-refractivity contribution < 1.29 is 49.5 Å². The van der Waals surface area contributed by atoms with Crippen LogP contribution in [0.15, 0.2) is 67.3 Å². The largest absolute Gasteiger partial charge is 0.496 e. The van der Waals surface area contributed by atoms with Crippen LogP contribution in [0.4, 0.5) is 24.5 Å². The number of ether oxygens (including phenoxy) is 2. The first-order valence-electron chi connectivity index (χ1n) is 26.5. The summed E-state index contributed by atoms with van der Waals surface area (Å²) in [6.07, 6.45) is 4.62. The van der Waals surface area contributed by atoms with E-state index in [0.29, 0.717) is 131 Å². The van der Waals surface area contributed by atoms with Gasteiger partial charge in [-0.3, -0.25) is 24.1 Å². The number of carbonyl (C=O) groups excluding carboxylic acids is 2. The summed E-state index contributed by atoms with van der Waals surface area (Å²) < 4.78 is 85.3. The number of furan rings is 2. The molecule has 9 rings (SSSR count). The highest BCUT2D eigenvalue weighted by atomic mass is 32.2. The molecule has 6 aromatic rings. The second-order valence-electron chi connectivity index (χ2n) is 20.3. The maximum Gasteiger partial charge on any atom is 0.401 e. The summed E-state index contributed by atoms with van der Waals surface area (Å²) in [6, 6.07) is 11.0. The number of fused-ring (bicyclic) bond motifs is 2. The minimum absolute atomic E-state index is 0.00230. The van der Waals surface area contributed by atoms with Gasteiger partial charge in [-0.1, -0.05) is 13.8 Å². The number of aryl methyl sites for hydroxylation is 2. The molecule has 2 aliphatic heterocycles. The van der Waals surface area contributed by atoms with Crippen molar-refractivity contribution in [3.8, 4) is 11.5 Å². The van der Waals surface area contributed by atoms with Gasteiger partial charge in [0.05, 0.1) is 80.1 Å². The number of nitrogens with zero attached hydrogens (tertiary/aromatic N) is 3. The summed E-state index contributed by atoms with van der Waals surface area (Å²) in [7, 11) is -0.0255. The number of benzene rings is 2. The maximum absolute atomic E-state index is 13.8. The molecule has 3 fully saturated rings. The number of methoxy groups -OCH3 is 2. The van der Waals surface area contributed by atoms with Gasteiger partial charge in [-0.25, -0.2) is 8.42 Å². The van der Waals surface area contributed by atoms with Gasteiger partial charge in [0.15, 0.2) is 0 Å². The van der Waals surface area contributed by atoms with E-state index in [1.165, 1.54) is 19.1 Å². The standard InChI is InChI=1S/C30H37F3N4O4.C26H33N3O6S/c1-4-21-24(37(16-19-5-6-19)20-7-10-36(11-8-20)17-30(31,32)33)14-26-22(9-12-41-26)27(21)29(39)34-15-23-25(40-3)13-18(2)35-28(23)38;1-5-18-21(29(6-2)17-8-11-36(32,33)12-9-17)14-23-19(7-10-35-23)24(18)26(31)27-15-20-22(34-4)13-16(3)28-25(20)30/h9,12-14,19-20H,4-8,10-11,15-17H2,1-3H3,(H,34,39)(H,35,38);7,10,13-14,17H,5-6,8-9,11-12,15H2,1-4H3,(H,27,31)(H,28,30). The fraction of sp³-hybridized carbons (Fsp3) is 0.500. The number of anilines is 2. The number of sulfone groups is 1. The van der Waals surface area contributed by atoms with Gasteiger partial charge in [0.1, 0.15) is 32.5 Å². The Morgan fingerprint density at radius 2 is 1.16 bits per heavy atom. The van der Waals surface area contributed by atoms with Crippen LogP contribution in [0.25, 0.3) is 21.9 Å². The molecule has 77 heavy (non-hydrogen) atoms. The van der Waals surface area contributed by atoms with Crippen molar-refractivity contribution in [1.29, 1.82) is 0 Å². The lowest BCUT2D eigenvalue weighted by atomic mass is 9.94. The Morgan fingerprint density at radius 1 is 0.701 bits per heavy atom. The number of aromatic nitrogens is 2. The predicted octanol–water partition coefficient (Wildman–Crippen LogP) is 8.51. The van der Waals surface area contributed by atoms with Gasteiger partial charge in [-0.15, -0.1) is 0 Å². The lowest BCUT2D eigenvalue weighted by molar-refractivity contribution is -0.147. The number of carbonyl (C=O) groups is 2. The third kappa shape index (κ3) is 13.0. The molecule has 0 bridgehead atoms. The molecular formula is C56H70F3N7O10S. The van der Waals surface area contributed by atoms with E-state index in [2.05, 4.69) is 30.4 Å². The average molecular weight is 1090 g/mol. The third-order valence-electron chi connectivity index (χ3n) is 15.1. The Kier molecular flexibility index (Phi) is 17.5. The fourth-order valence-electron chi connectivity index (χ4n) is 11.1. The summed E-state index contributed by atoms with van der Waals surface area (Å²) in [5, 5.41) is 7.20. The van der Waals surface area contributed by atoms with E-state index in [1.807, 2.05) is 32.9 Å². The molecule has 17 nitrogen and oxygen atoms in total. The zero-order valence-corrected chi connectivity index (χ0v) is 45.7. The van der Waals surface area contributed by atoms with E-state index in [-0.39, 0.29) is 59.6 Å².